The molecule has 0 fully saturated rings. The average molecular weight is 899 g/mol. The summed E-state index contributed by atoms with van der Waals surface area (Å²) in [4.78, 5) is 5.21. The molecule has 0 spiro atoms. The Kier molecular flexibility index (Phi) is 9.38. The van der Waals surface area contributed by atoms with Crippen LogP contribution in [0.2, 0.25) is 0 Å². The van der Waals surface area contributed by atoms with Crippen molar-refractivity contribution < 1.29 is 0 Å². The molecule has 0 bridgehead atoms. The van der Waals surface area contributed by atoms with Crippen molar-refractivity contribution in [1.82, 2.24) is 0 Å². The molecule has 5 heteroatoms. The number of nitrogens with zero attached hydrogens (tertiary/aromatic N) is 2. The lowest BCUT2D eigenvalue weighted by Crippen LogP contribution is -2.69. The summed E-state index contributed by atoms with van der Waals surface area (Å²) in [6.07, 6.45) is 5.74. The molecule has 0 N–H and O–H groups in total. The molecular formula is C66H45B3N2. The molecule has 0 aliphatic carbocycles. The van der Waals surface area contributed by atoms with Crippen LogP contribution in [0.4, 0.5) is 34.1 Å². The van der Waals surface area contributed by atoms with Gasteiger partial charge in [-0.05, 0) is 113 Å². The van der Waals surface area contributed by atoms with Crippen molar-refractivity contribution in [2.45, 2.75) is 0 Å². The highest BCUT2D eigenvalue weighted by Gasteiger charge is 2.50. The molecule has 0 radical (unpaired) electrons. The first-order chi connectivity index (χ1) is 35.1. The Morgan fingerprint density at radius 1 is 0.282 bits per heavy atom. The Hall–Kier alpha value is -8.79. The number of anilines is 6. The third-order valence-electron chi connectivity index (χ3n) is 15.6. The second-order valence-corrected chi connectivity index (χ2v) is 19.3. The van der Waals surface area contributed by atoms with E-state index < -0.39 is 0 Å². The molecule has 4 aliphatic rings. The highest BCUT2D eigenvalue weighted by molar-refractivity contribution is 7.05. The van der Waals surface area contributed by atoms with Crippen LogP contribution in [0.15, 0.2) is 238 Å². The lowest BCUT2D eigenvalue weighted by atomic mass is 9.28. The van der Waals surface area contributed by atoms with Crippen LogP contribution in [0.3, 0.4) is 0 Å². The molecule has 0 saturated carbocycles. The summed E-state index contributed by atoms with van der Waals surface area (Å²) in [5.74, 6) is 0. The first-order valence-corrected chi connectivity index (χ1v) is 24.7. The molecule has 0 atom stereocenters. The molecule has 14 rings (SSSR count). The van der Waals surface area contributed by atoms with Gasteiger partial charge in [-0.2, -0.15) is 0 Å². The van der Waals surface area contributed by atoms with Crippen LogP contribution < -0.4 is 59.0 Å². The van der Waals surface area contributed by atoms with Crippen molar-refractivity contribution in [3.63, 3.8) is 0 Å². The maximum Gasteiger partial charge on any atom is 0.252 e. The highest BCUT2D eigenvalue weighted by atomic mass is 15.2. The van der Waals surface area contributed by atoms with Crippen molar-refractivity contribution in [3.8, 4) is 33.4 Å². The van der Waals surface area contributed by atoms with E-state index in [0.29, 0.717) is 0 Å². The van der Waals surface area contributed by atoms with E-state index in [1.807, 2.05) is 18.2 Å². The molecule has 2 nitrogen and oxygen atoms in total. The van der Waals surface area contributed by atoms with Gasteiger partial charge in [0.1, 0.15) is 0 Å². The van der Waals surface area contributed by atoms with Gasteiger partial charge in [-0.15, -0.1) is 0 Å². The Labute approximate surface area is 417 Å². The molecule has 0 unspecified atom stereocenters. The number of hydrogen-bond acceptors (Lipinski definition) is 2. The normalized spacial score (nSPS) is 13.1. The van der Waals surface area contributed by atoms with Crippen LogP contribution in [-0.2, 0) is 0 Å². The van der Waals surface area contributed by atoms with Gasteiger partial charge in [0.05, 0.1) is 0 Å². The summed E-state index contributed by atoms with van der Waals surface area (Å²) < 4.78 is 0. The van der Waals surface area contributed by atoms with Crippen molar-refractivity contribution in [3.05, 3.63) is 255 Å². The highest BCUT2D eigenvalue weighted by Crippen LogP contribution is 2.46. The Balaban J connectivity index is 1.05. The van der Waals surface area contributed by atoms with E-state index in [-0.39, 0.29) is 20.1 Å². The molecular weight excluding hydrogens is 853 g/mol. The summed E-state index contributed by atoms with van der Waals surface area (Å²) in [5, 5.41) is 0. The van der Waals surface area contributed by atoms with E-state index >= 15 is 0 Å². The Morgan fingerprint density at radius 2 is 0.704 bits per heavy atom. The topological polar surface area (TPSA) is 6.48 Å². The van der Waals surface area contributed by atoms with Gasteiger partial charge in [0, 0.05) is 34.1 Å². The summed E-state index contributed by atoms with van der Waals surface area (Å²) in [7, 11) is 0. The van der Waals surface area contributed by atoms with Crippen molar-refractivity contribution in [1.29, 1.82) is 0 Å². The second kappa shape index (κ2) is 16.2. The van der Waals surface area contributed by atoms with Crippen LogP contribution >= 0.6 is 0 Å². The largest absolute Gasteiger partial charge is 0.312 e. The number of rotatable bonds is 8. The van der Waals surface area contributed by atoms with Gasteiger partial charge >= 0.3 is 0 Å². The lowest BCUT2D eigenvalue weighted by molar-refractivity contribution is 1.26. The zero-order valence-electron chi connectivity index (χ0n) is 39.3. The first-order valence-electron chi connectivity index (χ1n) is 24.7. The van der Waals surface area contributed by atoms with Gasteiger partial charge in [-0.3, -0.25) is 0 Å². The van der Waals surface area contributed by atoms with E-state index in [4.69, 9.17) is 0 Å². The molecule has 0 saturated heterocycles. The smallest absolute Gasteiger partial charge is 0.252 e. The fourth-order valence-corrected chi connectivity index (χ4v) is 12.4. The summed E-state index contributed by atoms with van der Waals surface area (Å²) in [5.41, 5.74) is 29.8. The molecule has 10 aromatic rings. The molecule has 10 aromatic carbocycles. The summed E-state index contributed by atoms with van der Waals surface area (Å²) in [6, 6.07) is 82.2. The van der Waals surface area contributed by atoms with Crippen molar-refractivity contribution in [2.24, 2.45) is 0 Å². The predicted molar refractivity (Wildman–Crippen MR) is 309 cm³/mol. The zero-order chi connectivity index (χ0) is 47.3. The Bertz CT molecular complexity index is 3840. The molecule has 4 heterocycles. The first kappa shape index (κ1) is 41.2. The van der Waals surface area contributed by atoms with Crippen molar-refractivity contribution >= 4 is 122 Å². The third-order valence-corrected chi connectivity index (χ3v) is 15.6. The van der Waals surface area contributed by atoms with Gasteiger partial charge in [0.25, 0.3) is 6.71 Å². The number of fused-ring (bicyclic) bond motifs is 8. The standard InChI is InChI=1S/C66H45B3N2/c1-4-43-25-31-46(32-26-43)49-15-12-18-53(39-49)68-55-20-13-21-56-65(55)71(61-38-37-50(40-57(61)68)47-33-27-44(5-2)28-34-47)63-24-14-23-62-64(63)69(56)59-42-51(48-35-29-45(6-3)30-36-48)41-58-66(59)70(62)60-22-11-10-19-54(60)67(58)52-16-8-7-9-17-52/h4-42H,1-3H2. The lowest BCUT2D eigenvalue weighted by Gasteiger charge is -2.49. The molecule has 0 aromatic heterocycles. The maximum atomic E-state index is 4.07. The average Bonchev–Trinajstić information content (AvgIpc) is 3.44. The minimum atomic E-state index is -0.0428. The fourth-order valence-electron chi connectivity index (χ4n) is 12.4. The van der Waals surface area contributed by atoms with E-state index in [1.165, 1.54) is 117 Å². The molecule has 71 heavy (non-hydrogen) atoms. The zero-order valence-corrected chi connectivity index (χ0v) is 39.3. The molecule has 328 valence electrons. The number of para-hydroxylation sites is 2. The fraction of sp³-hybridized carbons (Fsp3) is 0. The molecule has 0 amide bonds. The van der Waals surface area contributed by atoms with Crippen molar-refractivity contribution in [2.75, 3.05) is 9.80 Å². The van der Waals surface area contributed by atoms with Gasteiger partial charge in [-0.25, -0.2) is 0 Å². The maximum absolute atomic E-state index is 4.07. The molecule has 4 aliphatic heterocycles. The summed E-state index contributed by atoms with van der Waals surface area (Å²) >= 11 is 0. The van der Waals surface area contributed by atoms with E-state index in [0.717, 1.165) is 16.7 Å². The van der Waals surface area contributed by atoms with Crippen LogP contribution in [0, 0.1) is 0 Å². The number of hydrogen-bond donors (Lipinski definition) is 0. The van der Waals surface area contributed by atoms with Crippen LogP contribution in [0.1, 0.15) is 16.7 Å². The minimum Gasteiger partial charge on any atom is -0.312 e. The third kappa shape index (κ3) is 6.26. The van der Waals surface area contributed by atoms with E-state index in [1.54, 1.807) is 0 Å². The SMILES string of the molecule is C=Cc1ccc(-c2cccc(B3c4cc(-c5ccc(C=C)cc5)ccc4N4c5cccc6c5B(c5cccc3c54)c3cc(-c4ccc(C=C)cc4)cc4c3N6c3ccccc3B4c3ccccc3)c2)cc1. The van der Waals surface area contributed by atoms with Crippen LogP contribution in [0.5, 0.6) is 0 Å². The minimum absolute atomic E-state index is 0.0361. The van der Waals surface area contributed by atoms with Crippen LogP contribution in [0.25, 0.3) is 51.6 Å². The van der Waals surface area contributed by atoms with E-state index in [2.05, 4.69) is 248 Å². The summed E-state index contributed by atoms with van der Waals surface area (Å²) in [6.45, 7) is 12.1. The van der Waals surface area contributed by atoms with Gasteiger partial charge in [-0.1, -0.05) is 243 Å². The predicted octanol–water partition coefficient (Wildman–Crippen LogP) is 10.4. The van der Waals surface area contributed by atoms with Crippen LogP contribution in [-0.4, -0.2) is 20.1 Å². The van der Waals surface area contributed by atoms with E-state index in [9.17, 15) is 0 Å². The number of benzene rings is 10. The second-order valence-electron chi connectivity index (χ2n) is 19.3. The Morgan fingerprint density at radius 3 is 1.34 bits per heavy atom. The van der Waals surface area contributed by atoms with Gasteiger partial charge in [0.2, 0.25) is 13.4 Å². The quantitative estimate of drug-likeness (QED) is 0.140. The monoisotopic (exact) mass is 898 g/mol. The van der Waals surface area contributed by atoms with Gasteiger partial charge < -0.3 is 9.80 Å². The van der Waals surface area contributed by atoms with Gasteiger partial charge in [0.15, 0.2) is 0 Å².